The van der Waals surface area contributed by atoms with E-state index < -0.39 is 17.7 Å². The highest BCUT2D eigenvalue weighted by molar-refractivity contribution is 6.46. The summed E-state index contributed by atoms with van der Waals surface area (Å²) in [7, 11) is 4.52. The first-order valence-electron chi connectivity index (χ1n) is 13.9. The molecule has 3 rings (SSSR count). The van der Waals surface area contributed by atoms with Crippen molar-refractivity contribution in [2.45, 2.75) is 46.1 Å². The Labute approximate surface area is 237 Å². The second kappa shape index (κ2) is 14.6. The highest BCUT2D eigenvalue weighted by atomic mass is 16.5. The number of aliphatic hydroxyl groups excluding tert-OH is 1. The van der Waals surface area contributed by atoms with Gasteiger partial charge in [-0.25, -0.2) is 0 Å². The Morgan fingerprint density at radius 1 is 0.925 bits per heavy atom. The second-order valence-electron chi connectivity index (χ2n) is 9.56. The topological polar surface area (TPSA) is 97.8 Å². The van der Waals surface area contributed by atoms with Crippen LogP contribution >= 0.6 is 0 Å². The number of likely N-dealkylation sites (N-methyl/N-ethyl adjacent to an activating group) is 1. The lowest BCUT2D eigenvalue weighted by atomic mass is 9.94. The third-order valence-corrected chi connectivity index (χ3v) is 7.24. The lowest BCUT2D eigenvalue weighted by Gasteiger charge is -2.29. The molecule has 0 radical (unpaired) electrons. The quantitative estimate of drug-likeness (QED) is 0.141. The molecule has 0 saturated carbocycles. The standard InChI is InChI=1S/C31H42N2O7/c1-7-10-11-18-40-23-14-12-21(13-15-23)28(34)26-27(22-19-24(37-4)30(39-6)25(20-22)38-5)33(31(36)29(26)35)17-16-32(8-2)9-3/h12-15,19-20,27,34H,7-11,16-18H2,1-6H3/b28-26+. The van der Waals surface area contributed by atoms with Crippen LogP contribution in [0.15, 0.2) is 42.0 Å². The van der Waals surface area contributed by atoms with E-state index in [4.69, 9.17) is 18.9 Å². The number of methoxy groups -OCH3 is 3. The molecule has 1 unspecified atom stereocenters. The SMILES string of the molecule is CCCCCOc1ccc(/C(O)=C2\C(=O)C(=O)N(CCN(CC)CC)C2c2cc(OC)c(OC)c(OC)c2)cc1. The van der Waals surface area contributed by atoms with E-state index in [0.29, 0.717) is 53.8 Å². The maximum Gasteiger partial charge on any atom is 0.295 e. The predicted octanol–water partition coefficient (Wildman–Crippen LogP) is 5.04. The first kappa shape index (κ1) is 30.8. The van der Waals surface area contributed by atoms with Crippen LogP contribution in [-0.4, -0.2) is 80.7 Å². The van der Waals surface area contributed by atoms with Gasteiger partial charge in [-0.1, -0.05) is 33.6 Å². The Morgan fingerprint density at radius 2 is 1.55 bits per heavy atom. The van der Waals surface area contributed by atoms with Gasteiger partial charge in [-0.2, -0.15) is 0 Å². The molecule has 1 atom stereocenters. The first-order chi connectivity index (χ1) is 19.3. The monoisotopic (exact) mass is 554 g/mol. The smallest absolute Gasteiger partial charge is 0.295 e. The Bertz CT molecular complexity index is 1160. The predicted molar refractivity (Wildman–Crippen MR) is 154 cm³/mol. The van der Waals surface area contributed by atoms with E-state index in [0.717, 1.165) is 32.4 Å². The molecular formula is C31H42N2O7. The molecule has 1 fully saturated rings. The number of ketones is 1. The lowest BCUT2D eigenvalue weighted by Crippen LogP contribution is -2.38. The Hall–Kier alpha value is -3.72. The molecule has 9 heteroatoms. The summed E-state index contributed by atoms with van der Waals surface area (Å²) in [6, 6.07) is 9.47. The maximum atomic E-state index is 13.5. The van der Waals surface area contributed by atoms with Crippen molar-refractivity contribution in [2.75, 3.05) is 54.1 Å². The zero-order valence-corrected chi connectivity index (χ0v) is 24.5. The van der Waals surface area contributed by atoms with Crippen molar-refractivity contribution in [3.8, 4) is 23.0 Å². The average Bonchev–Trinajstić information content (AvgIpc) is 3.24. The number of Topliss-reactive ketones (excluding diaryl/α,β-unsaturated/α-hetero) is 1. The summed E-state index contributed by atoms with van der Waals surface area (Å²) in [5.74, 6) is 0.183. The number of aliphatic hydroxyl groups is 1. The summed E-state index contributed by atoms with van der Waals surface area (Å²) in [6.07, 6.45) is 3.16. The van der Waals surface area contributed by atoms with Crippen molar-refractivity contribution < 1.29 is 33.6 Å². The van der Waals surface area contributed by atoms with Crippen molar-refractivity contribution in [2.24, 2.45) is 0 Å². The van der Waals surface area contributed by atoms with Crippen LogP contribution in [0.1, 0.15) is 57.2 Å². The number of likely N-dealkylation sites (tertiary alicyclic amines) is 1. The Kier molecular flexibility index (Phi) is 11.3. The van der Waals surface area contributed by atoms with Crippen LogP contribution in [0.25, 0.3) is 5.76 Å². The third-order valence-electron chi connectivity index (χ3n) is 7.24. The van der Waals surface area contributed by atoms with Gasteiger partial charge in [-0.15, -0.1) is 0 Å². The molecule has 1 aliphatic rings. The average molecular weight is 555 g/mol. The fraction of sp³-hybridized carbons (Fsp3) is 0.484. The van der Waals surface area contributed by atoms with Crippen molar-refractivity contribution in [1.29, 1.82) is 0 Å². The molecule has 9 nitrogen and oxygen atoms in total. The molecule has 2 aromatic carbocycles. The molecule has 0 spiro atoms. The van der Waals surface area contributed by atoms with Gasteiger partial charge in [0, 0.05) is 18.7 Å². The number of carbonyl (C=O) groups excluding carboxylic acids is 2. The molecule has 0 aromatic heterocycles. The third kappa shape index (κ3) is 6.70. The van der Waals surface area contributed by atoms with E-state index in [9.17, 15) is 14.7 Å². The van der Waals surface area contributed by atoms with Crippen molar-refractivity contribution in [1.82, 2.24) is 9.80 Å². The Balaban J connectivity index is 2.09. The van der Waals surface area contributed by atoms with Gasteiger partial charge in [0.15, 0.2) is 11.5 Å². The zero-order valence-electron chi connectivity index (χ0n) is 24.5. The molecule has 0 bridgehead atoms. The normalized spacial score (nSPS) is 16.5. The number of nitrogens with zero attached hydrogens (tertiary/aromatic N) is 2. The minimum Gasteiger partial charge on any atom is -0.507 e. The Morgan fingerprint density at radius 3 is 2.08 bits per heavy atom. The minimum absolute atomic E-state index is 0.00966. The molecule has 0 aliphatic carbocycles. The molecule has 2 aromatic rings. The molecule has 218 valence electrons. The number of benzene rings is 2. The van der Waals surface area contributed by atoms with Gasteiger partial charge in [-0.3, -0.25) is 9.59 Å². The van der Waals surface area contributed by atoms with E-state index in [2.05, 4.69) is 11.8 Å². The molecule has 40 heavy (non-hydrogen) atoms. The van der Waals surface area contributed by atoms with Crippen LogP contribution in [0.5, 0.6) is 23.0 Å². The summed E-state index contributed by atoms with van der Waals surface area (Å²) in [5.41, 5.74) is 0.987. The van der Waals surface area contributed by atoms with Gasteiger partial charge in [0.25, 0.3) is 11.7 Å². The van der Waals surface area contributed by atoms with E-state index in [1.807, 2.05) is 13.8 Å². The first-order valence-corrected chi connectivity index (χ1v) is 13.9. The van der Waals surface area contributed by atoms with Crippen LogP contribution in [0.2, 0.25) is 0 Å². The minimum atomic E-state index is -0.853. The van der Waals surface area contributed by atoms with Crippen LogP contribution in [-0.2, 0) is 9.59 Å². The summed E-state index contributed by atoms with van der Waals surface area (Å²) >= 11 is 0. The largest absolute Gasteiger partial charge is 0.507 e. The highest BCUT2D eigenvalue weighted by Gasteiger charge is 2.46. The summed E-state index contributed by atoms with van der Waals surface area (Å²) in [4.78, 5) is 30.5. The van der Waals surface area contributed by atoms with Crippen molar-refractivity contribution >= 4 is 17.4 Å². The molecule has 1 heterocycles. The van der Waals surface area contributed by atoms with Crippen molar-refractivity contribution in [3.63, 3.8) is 0 Å². The van der Waals surface area contributed by atoms with Crippen molar-refractivity contribution in [3.05, 3.63) is 53.1 Å². The zero-order chi connectivity index (χ0) is 29.2. The summed E-state index contributed by atoms with van der Waals surface area (Å²) < 4.78 is 22.4. The van der Waals surface area contributed by atoms with Gasteiger partial charge < -0.3 is 33.9 Å². The number of unbranched alkanes of at least 4 members (excludes halogenated alkanes) is 2. The van der Waals surface area contributed by atoms with Crippen LogP contribution in [0.4, 0.5) is 0 Å². The van der Waals surface area contributed by atoms with Gasteiger partial charge in [0.2, 0.25) is 5.75 Å². The number of ether oxygens (including phenoxy) is 4. The number of hydrogen-bond donors (Lipinski definition) is 1. The summed E-state index contributed by atoms with van der Waals surface area (Å²) in [6.45, 7) is 9.33. The molecule has 1 N–H and O–H groups in total. The molecular weight excluding hydrogens is 512 g/mol. The van der Waals surface area contributed by atoms with E-state index in [-0.39, 0.29) is 11.3 Å². The maximum absolute atomic E-state index is 13.5. The summed E-state index contributed by atoms with van der Waals surface area (Å²) in [5, 5.41) is 11.5. The van der Waals surface area contributed by atoms with E-state index in [1.54, 1.807) is 36.4 Å². The van der Waals surface area contributed by atoms with Gasteiger partial charge >= 0.3 is 0 Å². The number of rotatable bonds is 15. The number of amides is 1. The van der Waals surface area contributed by atoms with Crippen LogP contribution in [0.3, 0.4) is 0 Å². The molecule has 1 saturated heterocycles. The highest BCUT2D eigenvalue weighted by Crippen LogP contribution is 2.45. The lowest BCUT2D eigenvalue weighted by molar-refractivity contribution is -0.140. The molecule has 1 aliphatic heterocycles. The van der Waals surface area contributed by atoms with Crippen LogP contribution < -0.4 is 18.9 Å². The molecule has 1 amide bonds. The number of carbonyl (C=O) groups is 2. The van der Waals surface area contributed by atoms with Crippen LogP contribution in [0, 0.1) is 0 Å². The second-order valence-corrected chi connectivity index (χ2v) is 9.56. The van der Waals surface area contributed by atoms with E-state index >= 15 is 0 Å². The van der Waals surface area contributed by atoms with E-state index in [1.165, 1.54) is 26.2 Å². The van der Waals surface area contributed by atoms with Gasteiger partial charge in [-0.05, 0) is 61.5 Å². The fourth-order valence-electron chi connectivity index (χ4n) is 4.91. The number of hydrogen-bond acceptors (Lipinski definition) is 8. The fourth-order valence-corrected chi connectivity index (χ4v) is 4.91. The van der Waals surface area contributed by atoms with Gasteiger partial charge in [0.1, 0.15) is 11.5 Å². The van der Waals surface area contributed by atoms with Gasteiger partial charge in [0.05, 0.1) is 39.6 Å².